The number of primary amides is 1. The third-order valence-electron chi connectivity index (χ3n) is 5.20. The molecular weight excluding hydrogens is 404 g/mol. The minimum atomic E-state index is -0.477. The molecule has 1 aliphatic heterocycles. The maximum Gasteiger partial charge on any atom is 0.248 e. The predicted octanol–water partition coefficient (Wildman–Crippen LogP) is 4.70. The zero-order chi connectivity index (χ0) is 21.9. The van der Waals surface area contributed by atoms with Crippen LogP contribution in [0.15, 0.2) is 90.7 Å². The van der Waals surface area contributed by atoms with Gasteiger partial charge in [0.2, 0.25) is 5.91 Å². The van der Waals surface area contributed by atoms with Gasteiger partial charge in [0.1, 0.15) is 24.0 Å². The van der Waals surface area contributed by atoms with Crippen LogP contribution in [-0.2, 0) is 9.47 Å². The first-order chi connectivity index (χ1) is 15.7. The molecule has 0 saturated carbocycles. The van der Waals surface area contributed by atoms with Gasteiger partial charge in [-0.25, -0.2) is 4.98 Å². The molecule has 0 bridgehead atoms. The molecule has 32 heavy (non-hydrogen) atoms. The Labute approximate surface area is 184 Å². The van der Waals surface area contributed by atoms with Gasteiger partial charge in [0.25, 0.3) is 0 Å². The molecule has 1 aliphatic carbocycles. The first kappa shape index (κ1) is 19.6. The second-order valence-electron chi connectivity index (χ2n) is 7.33. The van der Waals surface area contributed by atoms with Gasteiger partial charge in [0.15, 0.2) is 11.5 Å². The predicted molar refractivity (Wildman–Crippen MR) is 120 cm³/mol. The number of nitrogens with zero attached hydrogens (tertiary/aromatic N) is 2. The Kier molecular flexibility index (Phi) is 5.13. The normalized spacial score (nSPS) is 15.2. The lowest BCUT2D eigenvalue weighted by molar-refractivity contribution is 0.100. The fourth-order valence-electron chi connectivity index (χ4n) is 3.55. The van der Waals surface area contributed by atoms with Gasteiger partial charge >= 0.3 is 0 Å². The van der Waals surface area contributed by atoms with Gasteiger partial charge in [0.05, 0.1) is 11.4 Å². The van der Waals surface area contributed by atoms with Gasteiger partial charge in [-0.3, -0.25) is 9.78 Å². The molecule has 0 spiro atoms. The van der Waals surface area contributed by atoms with Crippen LogP contribution in [0.1, 0.15) is 28.9 Å². The van der Waals surface area contributed by atoms with Gasteiger partial charge in [-0.15, -0.1) is 0 Å². The molecule has 1 amide bonds. The van der Waals surface area contributed by atoms with E-state index in [4.69, 9.17) is 20.2 Å². The zero-order valence-electron chi connectivity index (χ0n) is 17.1. The summed E-state index contributed by atoms with van der Waals surface area (Å²) in [6.45, 7) is 0. The summed E-state index contributed by atoms with van der Waals surface area (Å²) in [5.74, 6) is 1.27. The van der Waals surface area contributed by atoms with Crippen LogP contribution in [0.3, 0.4) is 0 Å². The summed E-state index contributed by atoms with van der Waals surface area (Å²) in [7, 11) is 0. The third-order valence-corrected chi connectivity index (χ3v) is 5.20. The average Bonchev–Trinajstić information content (AvgIpc) is 3.31. The van der Waals surface area contributed by atoms with Crippen molar-refractivity contribution in [3.8, 4) is 22.8 Å². The van der Waals surface area contributed by atoms with E-state index in [2.05, 4.69) is 16.0 Å². The Morgan fingerprint density at radius 1 is 1.06 bits per heavy atom. The van der Waals surface area contributed by atoms with Crippen molar-refractivity contribution in [2.24, 2.45) is 5.73 Å². The van der Waals surface area contributed by atoms with Gasteiger partial charge in [-0.05, 0) is 42.7 Å². The summed E-state index contributed by atoms with van der Waals surface area (Å²) in [6, 6.07) is 12.6. The van der Waals surface area contributed by atoms with Crippen LogP contribution in [0.5, 0.6) is 0 Å². The SMILES string of the molecule is NC(=O)c1ccc(-c2nc(C3=COC=C(C4=CC=CCC4)O3)c(-c3ccccn3)[nH]2)cc1. The van der Waals surface area contributed by atoms with Crippen LogP contribution >= 0.6 is 0 Å². The molecule has 7 nitrogen and oxygen atoms in total. The number of carbonyl (C=O) groups is 1. The van der Waals surface area contributed by atoms with Crippen molar-refractivity contribution in [2.75, 3.05) is 0 Å². The molecule has 0 unspecified atom stereocenters. The van der Waals surface area contributed by atoms with Crippen molar-refractivity contribution in [3.63, 3.8) is 0 Å². The molecule has 0 atom stereocenters. The van der Waals surface area contributed by atoms with Gasteiger partial charge in [-0.1, -0.05) is 36.4 Å². The Hall–Kier alpha value is -4.39. The van der Waals surface area contributed by atoms with Crippen LogP contribution < -0.4 is 5.73 Å². The molecule has 2 aromatic heterocycles. The number of hydrogen-bond acceptors (Lipinski definition) is 5. The molecule has 0 saturated heterocycles. The maximum atomic E-state index is 11.4. The highest BCUT2D eigenvalue weighted by molar-refractivity contribution is 5.93. The van der Waals surface area contributed by atoms with Gasteiger partial charge in [0, 0.05) is 17.3 Å². The molecule has 0 radical (unpaired) electrons. The van der Waals surface area contributed by atoms with Gasteiger partial charge < -0.3 is 20.2 Å². The van der Waals surface area contributed by atoms with E-state index < -0.39 is 5.91 Å². The molecule has 0 fully saturated rings. The first-order valence-corrected chi connectivity index (χ1v) is 10.2. The smallest absolute Gasteiger partial charge is 0.248 e. The summed E-state index contributed by atoms with van der Waals surface area (Å²) >= 11 is 0. The third kappa shape index (κ3) is 3.83. The molecule has 3 N–H and O–H groups in total. The molecule has 5 rings (SSSR count). The molecule has 158 valence electrons. The highest BCUT2D eigenvalue weighted by Crippen LogP contribution is 2.35. The van der Waals surface area contributed by atoms with Crippen molar-refractivity contribution in [1.82, 2.24) is 15.0 Å². The summed E-state index contributed by atoms with van der Waals surface area (Å²) in [4.78, 5) is 24.0. The largest absolute Gasteiger partial charge is 0.465 e. The van der Waals surface area contributed by atoms with E-state index in [-0.39, 0.29) is 0 Å². The number of rotatable bonds is 5. The average molecular weight is 424 g/mol. The molecule has 1 aromatic carbocycles. The first-order valence-electron chi connectivity index (χ1n) is 10.2. The van der Waals surface area contributed by atoms with E-state index >= 15 is 0 Å². The van der Waals surface area contributed by atoms with Crippen molar-refractivity contribution < 1.29 is 14.3 Å². The number of imidazole rings is 1. The monoisotopic (exact) mass is 424 g/mol. The van der Waals surface area contributed by atoms with E-state index in [1.54, 1.807) is 36.7 Å². The molecule has 7 heteroatoms. The minimum absolute atomic E-state index is 0.432. The van der Waals surface area contributed by atoms with Crippen LogP contribution in [0.25, 0.3) is 28.5 Å². The quantitative estimate of drug-likeness (QED) is 0.618. The van der Waals surface area contributed by atoms with Crippen LogP contribution in [0.2, 0.25) is 0 Å². The van der Waals surface area contributed by atoms with E-state index in [1.807, 2.05) is 30.4 Å². The fraction of sp³-hybridized carbons (Fsp3) is 0.0800. The zero-order valence-corrected chi connectivity index (χ0v) is 17.1. The number of allylic oxidation sites excluding steroid dienone is 4. The number of carbonyl (C=O) groups excluding carboxylic acids is 1. The lowest BCUT2D eigenvalue weighted by Crippen LogP contribution is -2.10. The lowest BCUT2D eigenvalue weighted by Gasteiger charge is -2.19. The van der Waals surface area contributed by atoms with Crippen LogP contribution in [0.4, 0.5) is 0 Å². The van der Waals surface area contributed by atoms with Crippen molar-refractivity contribution in [3.05, 3.63) is 102 Å². The van der Waals surface area contributed by atoms with Crippen molar-refractivity contribution in [1.29, 1.82) is 0 Å². The number of H-pyrrole nitrogens is 1. The lowest BCUT2D eigenvalue weighted by atomic mass is 10.0. The number of ether oxygens (including phenoxy) is 2. The molecule has 2 aliphatic rings. The molecule has 3 aromatic rings. The van der Waals surface area contributed by atoms with E-state index in [0.717, 1.165) is 29.7 Å². The Balaban J connectivity index is 1.54. The number of amides is 1. The molecule has 3 heterocycles. The Bertz CT molecular complexity index is 1280. The summed E-state index contributed by atoms with van der Waals surface area (Å²) in [5, 5.41) is 0. The van der Waals surface area contributed by atoms with Crippen LogP contribution in [-0.4, -0.2) is 20.9 Å². The number of aromatic amines is 1. The highest BCUT2D eigenvalue weighted by Gasteiger charge is 2.24. The number of pyridine rings is 1. The van der Waals surface area contributed by atoms with Gasteiger partial charge in [-0.2, -0.15) is 0 Å². The van der Waals surface area contributed by atoms with Crippen molar-refractivity contribution in [2.45, 2.75) is 12.8 Å². The topological polar surface area (TPSA) is 103 Å². The molecular formula is C25H20N4O3. The summed E-state index contributed by atoms with van der Waals surface area (Å²) in [5.41, 5.74) is 9.65. The fourth-order valence-corrected chi connectivity index (χ4v) is 3.55. The Morgan fingerprint density at radius 2 is 1.91 bits per heavy atom. The Morgan fingerprint density at radius 3 is 2.62 bits per heavy atom. The number of benzene rings is 1. The number of nitrogens with two attached hydrogens (primary N) is 1. The number of aromatic nitrogens is 3. The van der Waals surface area contributed by atoms with E-state index in [1.165, 1.54) is 6.26 Å². The minimum Gasteiger partial charge on any atom is -0.465 e. The number of nitrogens with one attached hydrogen (secondary N) is 1. The second-order valence-corrected chi connectivity index (χ2v) is 7.33. The highest BCUT2D eigenvalue weighted by atomic mass is 16.5. The standard InChI is InChI=1S/C25H20N4O3/c26-24(30)17-9-11-18(12-10-17)25-28-22(19-8-4-5-13-27-19)23(29-25)21-15-31-14-20(32-21)16-6-2-1-3-7-16/h1-2,4-6,8-15H,3,7H2,(H2,26,30)(H,28,29). The summed E-state index contributed by atoms with van der Waals surface area (Å²) in [6.07, 6.45) is 12.9. The van der Waals surface area contributed by atoms with Crippen LogP contribution in [0, 0.1) is 0 Å². The maximum absolute atomic E-state index is 11.4. The van der Waals surface area contributed by atoms with E-state index in [9.17, 15) is 4.79 Å². The second kappa shape index (κ2) is 8.39. The van der Waals surface area contributed by atoms with E-state index in [0.29, 0.717) is 34.3 Å². The summed E-state index contributed by atoms with van der Waals surface area (Å²) < 4.78 is 11.8. The number of hydrogen-bond donors (Lipinski definition) is 2. The van der Waals surface area contributed by atoms with Crippen molar-refractivity contribution >= 4 is 11.7 Å².